The SMILES string of the molecule is c1nn(C2CCCCC2)cc1OC1CCNC1. The molecular formula is C13H21N3O. The first-order valence-electron chi connectivity index (χ1n) is 6.83. The number of ether oxygens (including phenoxy) is 1. The number of hydrogen-bond donors (Lipinski definition) is 1. The maximum absolute atomic E-state index is 5.90. The Kier molecular flexibility index (Phi) is 3.31. The number of aromatic nitrogens is 2. The van der Waals surface area contributed by atoms with E-state index in [-0.39, 0.29) is 0 Å². The van der Waals surface area contributed by atoms with E-state index in [0.29, 0.717) is 12.1 Å². The lowest BCUT2D eigenvalue weighted by atomic mass is 9.96. The van der Waals surface area contributed by atoms with Crippen molar-refractivity contribution in [3.63, 3.8) is 0 Å². The van der Waals surface area contributed by atoms with Gasteiger partial charge in [0, 0.05) is 6.54 Å². The molecule has 1 saturated heterocycles. The monoisotopic (exact) mass is 235 g/mol. The molecule has 1 aliphatic heterocycles. The van der Waals surface area contributed by atoms with Crippen molar-refractivity contribution in [2.75, 3.05) is 13.1 Å². The minimum atomic E-state index is 0.332. The highest BCUT2D eigenvalue weighted by Gasteiger charge is 2.19. The quantitative estimate of drug-likeness (QED) is 0.872. The molecule has 2 heterocycles. The van der Waals surface area contributed by atoms with Gasteiger partial charge in [0.1, 0.15) is 6.10 Å². The summed E-state index contributed by atoms with van der Waals surface area (Å²) in [4.78, 5) is 0. The molecule has 1 aromatic rings. The van der Waals surface area contributed by atoms with E-state index in [1.807, 2.05) is 6.20 Å². The molecule has 1 unspecified atom stereocenters. The van der Waals surface area contributed by atoms with Crippen molar-refractivity contribution >= 4 is 0 Å². The first kappa shape index (κ1) is 11.1. The van der Waals surface area contributed by atoms with E-state index in [9.17, 15) is 0 Å². The lowest BCUT2D eigenvalue weighted by molar-refractivity contribution is 0.222. The largest absolute Gasteiger partial charge is 0.486 e. The van der Waals surface area contributed by atoms with Crippen LogP contribution in [0.25, 0.3) is 0 Å². The topological polar surface area (TPSA) is 39.1 Å². The Labute approximate surface area is 102 Å². The van der Waals surface area contributed by atoms with Crippen molar-refractivity contribution in [2.45, 2.75) is 50.7 Å². The van der Waals surface area contributed by atoms with Gasteiger partial charge >= 0.3 is 0 Å². The van der Waals surface area contributed by atoms with Crippen molar-refractivity contribution in [1.29, 1.82) is 0 Å². The van der Waals surface area contributed by atoms with Gasteiger partial charge < -0.3 is 10.1 Å². The molecule has 2 fully saturated rings. The molecule has 1 saturated carbocycles. The zero-order chi connectivity index (χ0) is 11.5. The molecule has 1 N–H and O–H groups in total. The fraction of sp³-hybridized carbons (Fsp3) is 0.769. The Hall–Kier alpha value is -1.03. The Balaban J connectivity index is 1.60. The first-order valence-corrected chi connectivity index (χ1v) is 6.83. The fourth-order valence-electron chi connectivity index (χ4n) is 2.85. The van der Waals surface area contributed by atoms with Gasteiger partial charge in [0.15, 0.2) is 5.75 Å². The second kappa shape index (κ2) is 5.08. The summed E-state index contributed by atoms with van der Waals surface area (Å²) in [7, 11) is 0. The van der Waals surface area contributed by atoms with Crippen LogP contribution in [0.2, 0.25) is 0 Å². The molecule has 4 nitrogen and oxygen atoms in total. The third-order valence-electron chi connectivity index (χ3n) is 3.84. The third-order valence-corrected chi connectivity index (χ3v) is 3.84. The molecular weight excluding hydrogens is 214 g/mol. The summed E-state index contributed by atoms with van der Waals surface area (Å²) in [6, 6.07) is 0.600. The van der Waals surface area contributed by atoms with Crippen LogP contribution in [0.1, 0.15) is 44.6 Å². The Morgan fingerprint density at radius 2 is 2.12 bits per heavy atom. The van der Waals surface area contributed by atoms with E-state index in [4.69, 9.17) is 4.74 Å². The van der Waals surface area contributed by atoms with Gasteiger partial charge in [-0.1, -0.05) is 19.3 Å². The molecule has 94 valence electrons. The highest BCUT2D eigenvalue weighted by molar-refractivity contribution is 5.13. The fourth-order valence-corrected chi connectivity index (χ4v) is 2.85. The van der Waals surface area contributed by atoms with Crippen LogP contribution in [0.4, 0.5) is 0 Å². The minimum Gasteiger partial charge on any atom is -0.486 e. The molecule has 2 aliphatic rings. The smallest absolute Gasteiger partial charge is 0.157 e. The first-order chi connectivity index (χ1) is 8.42. The van der Waals surface area contributed by atoms with Crippen molar-refractivity contribution in [3.8, 4) is 5.75 Å². The molecule has 0 bridgehead atoms. The maximum atomic E-state index is 5.90. The average Bonchev–Trinajstić information content (AvgIpc) is 3.02. The van der Waals surface area contributed by atoms with Crippen molar-refractivity contribution in [1.82, 2.24) is 15.1 Å². The lowest BCUT2D eigenvalue weighted by Gasteiger charge is -2.21. The lowest BCUT2D eigenvalue weighted by Crippen LogP contribution is -2.19. The van der Waals surface area contributed by atoms with Crippen LogP contribution in [0.15, 0.2) is 12.4 Å². The molecule has 1 aromatic heterocycles. The Morgan fingerprint density at radius 1 is 1.24 bits per heavy atom. The van der Waals surface area contributed by atoms with E-state index in [2.05, 4.69) is 21.3 Å². The van der Waals surface area contributed by atoms with E-state index in [1.54, 1.807) is 0 Å². The summed E-state index contributed by atoms with van der Waals surface area (Å²) >= 11 is 0. The Morgan fingerprint density at radius 3 is 2.88 bits per heavy atom. The van der Waals surface area contributed by atoms with Crippen LogP contribution in [0.5, 0.6) is 5.75 Å². The third kappa shape index (κ3) is 2.63. The molecule has 17 heavy (non-hydrogen) atoms. The zero-order valence-corrected chi connectivity index (χ0v) is 10.3. The predicted molar refractivity (Wildman–Crippen MR) is 66.3 cm³/mol. The average molecular weight is 235 g/mol. The highest BCUT2D eigenvalue weighted by atomic mass is 16.5. The maximum Gasteiger partial charge on any atom is 0.157 e. The van der Waals surface area contributed by atoms with E-state index in [1.165, 1.54) is 32.1 Å². The number of rotatable bonds is 3. The highest BCUT2D eigenvalue weighted by Crippen LogP contribution is 2.28. The van der Waals surface area contributed by atoms with Gasteiger partial charge in [0.2, 0.25) is 0 Å². The second-order valence-electron chi connectivity index (χ2n) is 5.18. The normalized spacial score (nSPS) is 26.2. The summed E-state index contributed by atoms with van der Waals surface area (Å²) in [5.74, 6) is 0.935. The summed E-state index contributed by atoms with van der Waals surface area (Å²) in [5.41, 5.74) is 0. The van der Waals surface area contributed by atoms with E-state index >= 15 is 0 Å². The van der Waals surface area contributed by atoms with Gasteiger partial charge in [0.05, 0.1) is 18.4 Å². The second-order valence-corrected chi connectivity index (χ2v) is 5.18. The van der Waals surface area contributed by atoms with Crippen LogP contribution >= 0.6 is 0 Å². The van der Waals surface area contributed by atoms with Crippen molar-refractivity contribution < 1.29 is 4.74 Å². The summed E-state index contributed by atoms with van der Waals surface area (Å²) in [5, 5.41) is 7.76. The Bertz CT molecular complexity index is 351. The van der Waals surface area contributed by atoms with Crippen molar-refractivity contribution in [2.24, 2.45) is 0 Å². The van der Waals surface area contributed by atoms with Crippen LogP contribution in [0, 0.1) is 0 Å². The minimum absolute atomic E-state index is 0.332. The van der Waals surface area contributed by atoms with Crippen LogP contribution in [-0.2, 0) is 0 Å². The molecule has 0 radical (unpaired) electrons. The molecule has 3 rings (SSSR count). The predicted octanol–water partition coefficient (Wildman–Crippen LogP) is 2.13. The molecule has 0 aromatic carbocycles. The number of nitrogens with zero attached hydrogens (tertiary/aromatic N) is 2. The summed E-state index contributed by atoms with van der Waals surface area (Å²) in [6.45, 7) is 2.04. The van der Waals surface area contributed by atoms with Gasteiger partial charge in [-0.3, -0.25) is 4.68 Å². The van der Waals surface area contributed by atoms with Crippen LogP contribution < -0.4 is 10.1 Å². The molecule has 4 heteroatoms. The van der Waals surface area contributed by atoms with Gasteiger partial charge in [0.25, 0.3) is 0 Å². The van der Waals surface area contributed by atoms with Crippen LogP contribution in [0.3, 0.4) is 0 Å². The van der Waals surface area contributed by atoms with Gasteiger partial charge in [-0.2, -0.15) is 5.10 Å². The standard InChI is InChI=1S/C13H21N3O/c1-2-4-11(5-3-1)16-10-13(9-15-16)17-12-6-7-14-8-12/h9-12,14H,1-8H2. The zero-order valence-electron chi connectivity index (χ0n) is 10.3. The van der Waals surface area contributed by atoms with E-state index < -0.39 is 0 Å². The van der Waals surface area contributed by atoms with Crippen molar-refractivity contribution in [3.05, 3.63) is 12.4 Å². The van der Waals surface area contributed by atoms with Crippen LogP contribution in [-0.4, -0.2) is 29.0 Å². The van der Waals surface area contributed by atoms with E-state index in [0.717, 1.165) is 25.3 Å². The van der Waals surface area contributed by atoms with Gasteiger partial charge in [-0.05, 0) is 25.8 Å². The van der Waals surface area contributed by atoms with Gasteiger partial charge in [-0.15, -0.1) is 0 Å². The molecule has 0 spiro atoms. The number of hydrogen-bond acceptors (Lipinski definition) is 3. The van der Waals surface area contributed by atoms with Gasteiger partial charge in [-0.25, -0.2) is 0 Å². The molecule has 1 aliphatic carbocycles. The summed E-state index contributed by atoms with van der Waals surface area (Å²) in [6.07, 6.45) is 12.0. The molecule has 0 amide bonds. The molecule has 1 atom stereocenters. The summed E-state index contributed by atoms with van der Waals surface area (Å²) < 4.78 is 8.01. The number of nitrogens with one attached hydrogen (secondary N) is 1.